The van der Waals surface area contributed by atoms with Gasteiger partial charge in [-0.15, -0.1) is 0 Å². The molecule has 0 saturated heterocycles. The van der Waals surface area contributed by atoms with Gasteiger partial charge in [0, 0.05) is 12.4 Å². The Kier molecular flexibility index (Phi) is 4.29. The number of benzene rings is 1. The molecule has 0 amide bonds. The highest BCUT2D eigenvalue weighted by molar-refractivity contribution is 5.82. The zero-order valence-electron chi connectivity index (χ0n) is 13.5. The molecule has 1 aliphatic carbocycles. The number of hydrogen-bond acceptors (Lipinski definition) is 2. The third kappa shape index (κ3) is 2.71. The van der Waals surface area contributed by atoms with Crippen LogP contribution in [0.5, 0.6) is 0 Å². The molecule has 3 unspecified atom stereocenters. The molecule has 1 fully saturated rings. The maximum Gasteiger partial charge on any atom is 0.0875 e. The Labute approximate surface area is 127 Å². The molecule has 0 aliphatic heterocycles. The Morgan fingerprint density at radius 1 is 1.33 bits per heavy atom. The van der Waals surface area contributed by atoms with Crippen LogP contribution in [-0.4, -0.2) is 16.8 Å². The first-order valence-electron chi connectivity index (χ1n) is 8.33. The van der Waals surface area contributed by atoms with Crippen LogP contribution in [0.15, 0.2) is 24.3 Å². The molecular formula is C18H27N3. The van der Waals surface area contributed by atoms with Crippen molar-refractivity contribution in [3.8, 4) is 0 Å². The van der Waals surface area contributed by atoms with E-state index in [2.05, 4.69) is 43.6 Å². The second-order valence-electron chi connectivity index (χ2n) is 6.49. The monoisotopic (exact) mass is 285 g/mol. The molecule has 114 valence electrons. The van der Waals surface area contributed by atoms with Crippen LogP contribution in [0.3, 0.4) is 0 Å². The predicted octanol–water partition coefficient (Wildman–Crippen LogP) is 4.05. The lowest BCUT2D eigenvalue weighted by atomic mass is 9.76. The summed E-state index contributed by atoms with van der Waals surface area (Å²) in [4.78, 5) is 0. The van der Waals surface area contributed by atoms with Gasteiger partial charge in [-0.1, -0.05) is 44.4 Å². The summed E-state index contributed by atoms with van der Waals surface area (Å²) in [6.07, 6.45) is 6.76. The Balaban J connectivity index is 1.94. The van der Waals surface area contributed by atoms with Crippen LogP contribution in [-0.2, 0) is 7.05 Å². The van der Waals surface area contributed by atoms with Crippen LogP contribution in [0.2, 0.25) is 0 Å². The first-order valence-corrected chi connectivity index (χ1v) is 8.33. The highest BCUT2D eigenvalue weighted by Crippen LogP contribution is 2.39. The van der Waals surface area contributed by atoms with Crippen LogP contribution in [0.25, 0.3) is 10.9 Å². The molecule has 1 saturated carbocycles. The first kappa shape index (κ1) is 14.6. The Bertz CT molecular complexity index is 602. The maximum absolute atomic E-state index is 4.84. The van der Waals surface area contributed by atoms with E-state index in [1.807, 2.05) is 11.7 Å². The van der Waals surface area contributed by atoms with E-state index in [0.717, 1.165) is 5.92 Å². The summed E-state index contributed by atoms with van der Waals surface area (Å²) in [5, 5.41) is 9.71. The van der Waals surface area contributed by atoms with Gasteiger partial charge < -0.3 is 5.32 Å². The number of rotatable bonds is 4. The molecule has 2 aromatic rings. The minimum absolute atomic E-state index is 0.380. The van der Waals surface area contributed by atoms with E-state index in [9.17, 15) is 0 Å². The van der Waals surface area contributed by atoms with E-state index < -0.39 is 0 Å². The number of aromatic nitrogens is 2. The summed E-state index contributed by atoms with van der Waals surface area (Å²) in [6, 6.07) is 8.97. The van der Waals surface area contributed by atoms with E-state index in [-0.39, 0.29) is 0 Å². The highest BCUT2D eigenvalue weighted by atomic mass is 15.3. The van der Waals surface area contributed by atoms with Gasteiger partial charge in [0.05, 0.1) is 17.3 Å². The summed E-state index contributed by atoms with van der Waals surface area (Å²) < 4.78 is 2.02. The smallest absolute Gasteiger partial charge is 0.0875 e. The van der Waals surface area contributed by atoms with Crippen molar-refractivity contribution < 1.29 is 0 Å². The summed E-state index contributed by atoms with van der Waals surface area (Å²) >= 11 is 0. The van der Waals surface area contributed by atoms with Crippen molar-refractivity contribution in [1.82, 2.24) is 15.1 Å². The summed E-state index contributed by atoms with van der Waals surface area (Å²) in [5.41, 5.74) is 2.47. The van der Waals surface area contributed by atoms with Gasteiger partial charge >= 0.3 is 0 Å². The van der Waals surface area contributed by atoms with Crippen molar-refractivity contribution in [3.63, 3.8) is 0 Å². The molecule has 3 rings (SSSR count). The van der Waals surface area contributed by atoms with Crippen molar-refractivity contribution in [2.45, 2.75) is 45.1 Å². The fourth-order valence-electron chi connectivity index (χ4n) is 4.07. The molecule has 1 heterocycles. The Hall–Kier alpha value is -1.35. The maximum atomic E-state index is 4.84. The summed E-state index contributed by atoms with van der Waals surface area (Å²) in [5.74, 6) is 1.61. The minimum Gasteiger partial charge on any atom is -0.311 e. The fourth-order valence-corrected chi connectivity index (χ4v) is 4.07. The van der Waals surface area contributed by atoms with Crippen molar-refractivity contribution in [2.75, 3.05) is 7.05 Å². The lowest BCUT2D eigenvalue weighted by Gasteiger charge is -2.33. The average Bonchev–Trinajstić information content (AvgIpc) is 2.86. The average molecular weight is 285 g/mol. The predicted molar refractivity (Wildman–Crippen MR) is 88.3 cm³/mol. The fraction of sp³-hybridized carbons (Fsp3) is 0.611. The Morgan fingerprint density at radius 3 is 2.90 bits per heavy atom. The highest BCUT2D eigenvalue weighted by Gasteiger charge is 2.30. The number of nitrogens with zero attached hydrogens (tertiary/aromatic N) is 2. The van der Waals surface area contributed by atoms with Gasteiger partial charge in [-0.05, 0) is 37.8 Å². The number of nitrogens with one attached hydrogen (secondary N) is 1. The normalized spacial score (nSPS) is 24.3. The first-order chi connectivity index (χ1) is 10.2. The zero-order valence-corrected chi connectivity index (χ0v) is 13.5. The van der Waals surface area contributed by atoms with Crippen LogP contribution in [0, 0.1) is 11.8 Å². The van der Waals surface area contributed by atoms with Gasteiger partial charge in [0.25, 0.3) is 0 Å². The molecule has 3 atom stereocenters. The number of para-hydroxylation sites is 1. The van der Waals surface area contributed by atoms with E-state index >= 15 is 0 Å². The summed E-state index contributed by atoms with van der Waals surface area (Å²) in [7, 11) is 4.14. The topological polar surface area (TPSA) is 29.9 Å². The second kappa shape index (κ2) is 6.18. The molecule has 0 radical (unpaired) electrons. The molecule has 1 aliphatic rings. The van der Waals surface area contributed by atoms with E-state index in [1.165, 1.54) is 48.7 Å². The van der Waals surface area contributed by atoms with Crippen molar-refractivity contribution in [3.05, 3.63) is 30.0 Å². The van der Waals surface area contributed by atoms with Crippen LogP contribution in [0.1, 0.15) is 50.8 Å². The van der Waals surface area contributed by atoms with Crippen LogP contribution >= 0.6 is 0 Å². The lowest BCUT2D eigenvalue weighted by Crippen LogP contribution is -2.30. The SMILES string of the molecule is CCC1CCCC(C(NC)c2nn(C)c3ccccc23)C1. The van der Waals surface area contributed by atoms with Crippen molar-refractivity contribution in [1.29, 1.82) is 0 Å². The molecule has 1 aromatic heterocycles. The molecule has 21 heavy (non-hydrogen) atoms. The van der Waals surface area contributed by atoms with Crippen molar-refractivity contribution >= 4 is 10.9 Å². The van der Waals surface area contributed by atoms with E-state index in [0.29, 0.717) is 12.0 Å². The van der Waals surface area contributed by atoms with E-state index in [1.54, 1.807) is 0 Å². The molecule has 0 spiro atoms. The summed E-state index contributed by atoms with van der Waals surface area (Å²) in [6.45, 7) is 2.33. The standard InChI is InChI=1S/C18H27N3/c1-4-13-8-7-9-14(12-13)17(19-2)18-15-10-5-6-11-16(15)21(3)20-18/h5-6,10-11,13-14,17,19H,4,7-9,12H2,1-3H3. The molecule has 3 heteroatoms. The molecule has 0 bridgehead atoms. The Morgan fingerprint density at radius 2 is 2.14 bits per heavy atom. The van der Waals surface area contributed by atoms with Gasteiger partial charge in [-0.2, -0.15) is 5.10 Å². The molecular weight excluding hydrogens is 258 g/mol. The zero-order chi connectivity index (χ0) is 14.8. The van der Waals surface area contributed by atoms with Gasteiger partial charge in [-0.3, -0.25) is 4.68 Å². The number of aryl methyl sites for hydroxylation is 1. The van der Waals surface area contributed by atoms with Gasteiger partial charge in [0.1, 0.15) is 0 Å². The van der Waals surface area contributed by atoms with Crippen molar-refractivity contribution in [2.24, 2.45) is 18.9 Å². The van der Waals surface area contributed by atoms with Gasteiger partial charge in [0.2, 0.25) is 0 Å². The van der Waals surface area contributed by atoms with E-state index in [4.69, 9.17) is 5.10 Å². The third-order valence-electron chi connectivity index (χ3n) is 5.26. The molecule has 3 nitrogen and oxygen atoms in total. The molecule has 1 N–H and O–H groups in total. The minimum atomic E-state index is 0.380. The van der Waals surface area contributed by atoms with Gasteiger partial charge in [-0.25, -0.2) is 0 Å². The largest absolute Gasteiger partial charge is 0.311 e. The van der Waals surface area contributed by atoms with Crippen LogP contribution in [0.4, 0.5) is 0 Å². The molecule has 1 aromatic carbocycles. The third-order valence-corrected chi connectivity index (χ3v) is 5.26. The van der Waals surface area contributed by atoms with Gasteiger partial charge in [0.15, 0.2) is 0 Å². The van der Waals surface area contributed by atoms with Crippen LogP contribution < -0.4 is 5.32 Å². The quantitative estimate of drug-likeness (QED) is 0.918. The number of fused-ring (bicyclic) bond motifs is 1. The number of hydrogen-bond donors (Lipinski definition) is 1. The lowest BCUT2D eigenvalue weighted by molar-refractivity contribution is 0.212. The second-order valence-corrected chi connectivity index (χ2v) is 6.49.